The van der Waals surface area contributed by atoms with Crippen molar-refractivity contribution < 1.29 is 9.00 Å². The molecule has 92 valence electrons. The van der Waals surface area contributed by atoms with Gasteiger partial charge in [-0.3, -0.25) is 9.00 Å². The Morgan fingerprint density at radius 3 is 2.71 bits per heavy atom. The Bertz CT molecular complexity index is 502. The average molecular weight is 334 g/mol. The van der Waals surface area contributed by atoms with Gasteiger partial charge >= 0.3 is 0 Å². The second kappa shape index (κ2) is 6.43. The maximum atomic E-state index is 12.0. The van der Waals surface area contributed by atoms with E-state index in [1.165, 1.54) is 6.92 Å². The van der Waals surface area contributed by atoms with Gasteiger partial charge < -0.3 is 0 Å². The van der Waals surface area contributed by atoms with Gasteiger partial charge in [-0.15, -0.1) is 11.3 Å². The number of Topliss-reactive ketones (excluding diaryl/α,β-unsaturated/α-hetero) is 1. The van der Waals surface area contributed by atoms with E-state index in [2.05, 4.69) is 15.9 Å². The third kappa shape index (κ3) is 3.24. The Morgan fingerprint density at radius 2 is 2.24 bits per heavy atom. The minimum atomic E-state index is -1.19. The van der Waals surface area contributed by atoms with Crippen molar-refractivity contribution in [2.24, 2.45) is 0 Å². The Balaban J connectivity index is 3.16. The maximum Gasteiger partial charge on any atom is 0.170 e. The SMILES string of the molecule is CCCCS(=O)c1sc(C(C)=O)c(Br)c1C#N. The molecule has 0 bridgehead atoms. The van der Waals surface area contributed by atoms with Crippen molar-refractivity contribution in [1.82, 2.24) is 0 Å². The molecule has 0 saturated carbocycles. The molecule has 0 N–H and O–H groups in total. The van der Waals surface area contributed by atoms with Crippen LogP contribution >= 0.6 is 27.3 Å². The molecular formula is C11H12BrNO2S2. The number of nitriles is 1. The fourth-order valence-corrected chi connectivity index (χ4v) is 5.07. The highest BCUT2D eigenvalue weighted by Crippen LogP contribution is 2.35. The molecule has 0 fully saturated rings. The van der Waals surface area contributed by atoms with Gasteiger partial charge in [-0.2, -0.15) is 5.26 Å². The average Bonchev–Trinajstić information content (AvgIpc) is 2.63. The predicted octanol–water partition coefficient (Wildman–Crippen LogP) is 3.49. The summed E-state index contributed by atoms with van der Waals surface area (Å²) in [5.74, 6) is 0.423. The van der Waals surface area contributed by atoms with Gasteiger partial charge in [-0.1, -0.05) is 13.3 Å². The molecule has 6 heteroatoms. The molecule has 1 rings (SSSR count). The molecule has 1 aromatic heterocycles. The first-order chi connectivity index (χ1) is 8.02. The number of nitrogens with zero attached hydrogens (tertiary/aromatic N) is 1. The number of halogens is 1. The normalized spacial score (nSPS) is 12.1. The summed E-state index contributed by atoms with van der Waals surface area (Å²) >= 11 is 4.39. The third-order valence-corrected chi connectivity index (χ3v) is 6.36. The monoisotopic (exact) mass is 333 g/mol. The Labute approximate surface area is 115 Å². The van der Waals surface area contributed by atoms with E-state index in [-0.39, 0.29) is 5.78 Å². The van der Waals surface area contributed by atoms with Gasteiger partial charge in [0.25, 0.3) is 0 Å². The number of unbranched alkanes of at least 4 members (excludes halogenated alkanes) is 1. The molecule has 0 spiro atoms. The first-order valence-corrected chi connectivity index (χ1v) is 8.07. The van der Waals surface area contributed by atoms with Crippen LogP contribution in [0.4, 0.5) is 0 Å². The summed E-state index contributed by atoms with van der Waals surface area (Å²) in [6.45, 7) is 3.46. The first-order valence-electron chi connectivity index (χ1n) is 5.14. The number of hydrogen-bond donors (Lipinski definition) is 0. The van der Waals surface area contributed by atoms with Crippen LogP contribution in [0.2, 0.25) is 0 Å². The van der Waals surface area contributed by atoms with Gasteiger partial charge in [-0.25, -0.2) is 0 Å². The van der Waals surface area contributed by atoms with Gasteiger partial charge in [0, 0.05) is 5.75 Å². The molecule has 0 amide bonds. The predicted molar refractivity (Wildman–Crippen MR) is 72.9 cm³/mol. The topological polar surface area (TPSA) is 57.9 Å². The summed E-state index contributed by atoms with van der Waals surface area (Å²) in [6.07, 6.45) is 1.81. The number of hydrogen-bond acceptors (Lipinski definition) is 4. The molecule has 17 heavy (non-hydrogen) atoms. The van der Waals surface area contributed by atoms with Crippen LogP contribution in [0, 0.1) is 11.3 Å². The van der Waals surface area contributed by atoms with Crippen LogP contribution in [-0.2, 0) is 10.8 Å². The lowest BCUT2D eigenvalue weighted by atomic mass is 10.3. The lowest BCUT2D eigenvalue weighted by molar-refractivity contribution is 0.102. The van der Waals surface area contributed by atoms with Crippen LogP contribution in [0.3, 0.4) is 0 Å². The Morgan fingerprint density at radius 1 is 1.59 bits per heavy atom. The minimum Gasteiger partial charge on any atom is -0.294 e. The van der Waals surface area contributed by atoms with Crippen LogP contribution in [-0.4, -0.2) is 15.7 Å². The van der Waals surface area contributed by atoms with Crippen molar-refractivity contribution in [3.63, 3.8) is 0 Å². The van der Waals surface area contributed by atoms with Crippen molar-refractivity contribution in [2.45, 2.75) is 30.9 Å². The molecule has 0 saturated heterocycles. The maximum absolute atomic E-state index is 12.0. The fraction of sp³-hybridized carbons (Fsp3) is 0.455. The van der Waals surface area contributed by atoms with Crippen molar-refractivity contribution in [3.05, 3.63) is 14.9 Å². The minimum absolute atomic E-state index is 0.114. The molecule has 0 aliphatic heterocycles. The highest BCUT2D eigenvalue weighted by Gasteiger charge is 2.22. The third-order valence-electron chi connectivity index (χ3n) is 2.14. The first kappa shape index (κ1) is 14.6. The summed E-state index contributed by atoms with van der Waals surface area (Å²) in [4.78, 5) is 11.8. The molecule has 0 aliphatic rings. The lowest BCUT2D eigenvalue weighted by Gasteiger charge is -1.97. The zero-order valence-electron chi connectivity index (χ0n) is 9.58. The van der Waals surface area contributed by atoms with Gasteiger partial charge in [-0.05, 0) is 29.3 Å². The van der Waals surface area contributed by atoms with Gasteiger partial charge in [0.2, 0.25) is 0 Å². The number of rotatable bonds is 5. The van der Waals surface area contributed by atoms with Crippen molar-refractivity contribution in [1.29, 1.82) is 5.26 Å². The van der Waals surface area contributed by atoms with Crippen molar-refractivity contribution in [2.75, 3.05) is 5.75 Å². The second-order valence-corrected chi connectivity index (χ2v) is 7.06. The van der Waals surface area contributed by atoms with Gasteiger partial charge in [0.1, 0.15) is 10.3 Å². The molecule has 0 aromatic carbocycles. The molecule has 0 aliphatic carbocycles. The highest BCUT2D eigenvalue weighted by atomic mass is 79.9. The van der Waals surface area contributed by atoms with Crippen LogP contribution in [0.5, 0.6) is 0 Å². The number of carbonyl (C=O) groups excluding carboxylic acids is 1. The van der Waals surface area contributed by atoms with E-state index >= 15 is 0 Å². The van der Waals surface area contributed by atoms with E-state index < -0.39 is 10.8 Å². The molecular weight excluding hydrogens is 322 g/mol. The number of thiophene rings is 1. The van der Waals surface area contributed by atoms with Crippen LogP contribution in [0.15, 0.2) is 8.68 Å². The molecule has 0 radical (unpaired) electrons. The quantitative estimate of drug-likeness (QED) is 0.775. The van der Waals surface area contributed by atoms with Crippen LogP contribution in [0.1, 0.15) is 41.9 Å². The van der Waals surface area contributed by atoms with E-state index in [1.54, 1.807) is 0 Å². The van der Waals surface area contributed by atoms with Gasteiger partial charge in [0.05, 0.1) is 25.7 Å². The standard InChI is InChI=1S/C11H12BrNO2S2/c1-3-4-5-17(15)11-8(6-13)9(12)10(16-11)7(2)14/h3-5H2,1-2H3. The van der Waals surface area contributed by atoms with Crippen LogP contribution < -0.4 is 0 Å². The summed E-state index contributed by atoms with van der Waals surface area (Å²) in [7, 11) is -1.19. The zero-order chi connectivity index (χ0) is 13.0. The van der Waals surface area contributed by atoms with Crippen molar-refractivity contribution in [3.8, 4) is 6.07 Å². The van der Waals surface area contributed by atoms with Crippen LogP contribution in [0.25, 0.3) is 0 Å². The van der Waals surface area contributed by atoms with Crippen molar-refractivity contribution >= 4 is 43.8 Å². The summed E-state index contributed by atoms with van der Waals surface area (Å²) < 4.78 is 13.0. The van der Waals surface area contributed by atoms with E-state index in [9.17, 15) is 9.00 Å². The lowest BCUT2D eigenvalue weighted by Crippen LogP contribution is -1.97. The number of ketones is 1. The largest absolute Gasteiger partial charge is 0.294 e. The molecule has 1 atom stereocenters. The zero-order valence-corrected chi connectivity index (χ0v) is 12.8. The Kier molecular flexibility index (Phi) is 5.50. The summed E-state index contributed by atoms with van der Waals surface area (Å²) in [5, 5.41) is 9.05. The molecule has 1 heterocycles. The molecule has 3 nitrogen and oxygen atoms in total. The summed E-state index contributed by atoms with van der Waals surface area (Å²) in [5.41, 5.74) is 0.342. The fourth-order valence-electron chi connectivity index (χ4n) is 1.24. The summed E-state index contributed by atoms with van der Waals surface area (Å²) in [6, 6.07) is 2.01. The molecule has 1 unspecified atom stereocenters. The van der Waals surface area contributed by atoms with E-state index in [0.29, 0.717) is 24.9 Å². The smallest absolute Gasteiger partial charge is 0.170 e. The highest BCUT2D eigenvalue weighted by molar-refractivity contribution is 9.10. The molecule has 1 aromatic rings. The second-order valence-electron chi connectivity index (χ2n) is 3.48. The van der Waals surface area contributed by atoms with E-state index in [0.717, 1.165) is 24.2 Å². The van der Waals surface area contributed by atoms with E-state index in [1.807, 2.05) is 13.0 Å². The van der Waals surface area contributed by atoms with Gasteiger partial charge in [0.15, 0.2) is 5.78 Å². The van der Waals surface area contributed by atoms with E-state index in [4.69, 9.17) is 5.26 Å². The number of carbonyl (C=O) groups is 1. The Hall–Kier alpha value is -0.510.